The van der Waals surface area contributed by atoms with Crippen molar-refractivity contribution in [1.82, 2.24) is 9.80 Å². The molecule has 0 aliphatic carbocycles. The molecule has 0 unspecified atom stereocenters. The molecule has 0 aromatic carbocycles. The number of rotatable bonds is 8. The number of hydrogen-bond donors (Lipinski definition) is 0. The van der Waals surface area contributed by atoms with Gasteiger partial charge in [0.2, 0.25) is 0 Å². The van der Waals surface area contributed by atoms with Gasteiger partial charge in [-0.3, -0.25) is 4.79 Å². The van der Waals surface area contributed by atoms with Crippen LogP contribution in [0.1, 0.15) is 34.1 Å². The van der Waals surface area contributed by atoms with Gasteiger partial charge in [-0.15, -0.1) is 6.54 Å². The van der Waals surface area contributed by atoms with Crippen LogP contribution < -0.4 is 0 Å². The molecule has 0 bridgehead atoms. The molecule has 0 radical (unpaired) electrons. The Bertz CT molecular complexity index is 480. The van der Waals surface area contributed by atoms with E-state index in [2.05, 4.69) is 33.9 Å². The fourth-order valence-electron chi connectivity index (χ4n) is 2.37. The van der Waals surface area contributed by atoms with Crippen molar-refractivity contribution < 1.29 is 58.2 Å². The molecule has 28 heavy (non-hydrogen) atoms. The van der Waals surface area contributed by atoms with Crippen molar-refractivity contribution in [2.75, 3.05) is 39.3 Å². The van der Waals surface area contributed by atoms with Crippen LogP contribution in [0.4, 0.5) is 13.2 Å². The maximum Gasteiger partial charge on any atom is 0.471 e. The molecule has 0 aromatic heterocycles. The standard InChI is InChI=1S/C18H34F3N2O3Si.U/c1-7-15(14-26-27(5,6)17(2,3)4)25-13-12-22-8-10-23(11-9-22)16(24)18(19,20)21;/h13,15H,7-12,14H2,1-6H3;/q-1;/t15-;/m1./s1. The van der Waals surface area contributed by atoms with Gasteiger partial charge in [-0.1, -0.05) is 27.7 Å². The van der Waals surface area contributed by atoms with E-state index >= 15 is 0 Å². The number of halogens is 3. The summed E-state index contributed by atoms with van der Waals surface area (Å²) in [4.78, 5) is 14.1. The SMILES string of the molecule is CC[C@H](CO[Si](C)(C)C(C)(C)C)O[CH-]CN1CCN(C(=O)C(F)(F)F)CC1.[U]. The van der Waals surface area contributed by atoms with E-state index in [0.717, 1.165) is 11.3 Å². The van der Waals surface area contributed by atoms with Crippen LogP contribution in [0.25, 0.3) is 0 Å². The molecule has 164 valence electrons. The summed E-state index contributed by atoms with van der Waals surface area (Å²) in [6, 6.07) is 0. The molecular weight excluding hydrogens is 615 g/mol. The third kappa shape index (κ3) is 9.05. The fourth-order valence-corrected chi connectivity index (χ4v) is 3.40. The summed E-state index contributed by atoms with van der Waals surface area (Å²) >= 11 is 0. The van der Waals surface area contributed by atoms with Crippen LogP contribution in [0.15, 0.2) is 0 Å². The van der Waals surface area contributed by atoms with E-state index in [1.54, 1.807) is 6.61 Å². The van der Waals surface area contributed by atoms with E-state index in [1.807, 2.05) is 11.8 Å². The van der Waals surface area contributed by atoms with Crippen LogP contribution in [0, 0.1) is 37.7 Å². The van der Waals surface area contributed by atoms with Crippen molar-refractivity contribution in [3.63, 3.8) is 0 Å². The van der Waals surface area contributed by atoms with Gasteiger partial charge in [0.05, 0.1) is 6.61 Å². The van der Waals surface area contributed by atoms with Gasteiger partial charge in [0.15, 0.2) is 8.32 Å². The topological polar surface area (TPSA) is 42.0 Å². The summed E-state index contributed by atoms with van der Waals surface area (Å²) in [6.07, 6.45) is -4.01. The minimum absolute atomic E-state index is 0. The molecule has 0 aromatic rings. The van der Waals surface area contributed by atoms with E-state index in [1.165, 1.54) is 0 Å². The van der Waals surface area contributed by atoms with Crippen LogP contribution >= 0.6 is 0 Å². The summed E-state index contributed by atoms with van der Waals surface area (Å²) < 4.78 is 49.3. The largest absolute Gasteiger partial charge is 0.547 e. The molecule has 1 aliphatic heterocycles. The third-order valence-electron chi connectivity index (χ3n) is 5.42. The number of nitrogens with zero attached hydrogens (tertiary/aromatic N) is 2. The van der Waals surface area contributed by atoms with Crippen molar-refractivity contribution in [1.29, 1.82) is 0 Å². The quantitative estimate of drug-likeness (QED) is 0.298. The molecule has 1 aliphatic rings. The predicted octanol–water partition coefficient (Wildman–Crippen LogP) is 3.67. The van der Waals surface area contributed by atoms with Crippen molar-refractivity contribution in [2.45, 2.75) is 64.5 Å². The van der Waals surface area contributed by atoms with Crippen molar-refractivity contribution >= 4 is 14.2 Å². The average Bonchev–Trinajstić information content (AvgIpc) is 2.56. The predicted molar refractivity (Wildman–Crippen MR) is 102 cm³/mol. The first-order valence-electron chi connectivity index (χ1n) is 9.47. The van der Waals surface area contributed by atoms with Gasteiger partial charge < -0.3 is 19.0 Å². The van der Waals surface area contributed by atoms with Crippen LogP contribution in [-0.4, -0.2) is 75.6 Å². The molecule has 0 spiro atoms. The van der Waals surface area contributed by atoms with Crippen molar-refractivity contribution in [2.24, 2.45) is 0 Å². The molecule has 1 amide bonds. The smallest absolute Gasteiger partial charge is 0.471 e. The van der Waals surface area contributed by atoms with Gasteiger partial charge in [-0.05, 0) is 24.6 Å². The Labute approximate surface area is 192 Å². The van der Waals surface area contributed by atoms with Crippen LogP contribution in [-0.2, 0) is 14.0 Å². The minimum atomic E-state index is -4.80. The maximum absolute atomic E-state index is 12.5. The van der Waals surface area contributed by atoms with Gasteiger partial charge in [-0.2, -0.15) is 19.8 Å². The van der Waals surface area contributed by atoms with E-state index < -0.39 is 20.4 Å². The minimum Gasteiger partial charge on any atom is -0.547 e. The number of ether oxygens (including phenoxy) is 1. The molecule has 5 nitrogen and oxygen atoms in total. The van der Waals surface area contributed by atoms with E-state index in [9.17, 15) is 18.0 Å². The van der Waals surface area contributed by atoms with Gasteiger partial charge in [0, 0.05) is 63.4 Å². The number of hydrogen-bond acceptors (Lipinski definition) is 4. The molecule has 1 rings (SSSR count). The monoisotopic (exact) mass is 649 g/mol. The Morgan fingerprint density at radius 3 is 2.11 bits per heavy atom. The molecular formula is C18H34F3N2O3SiU-. The number of amides is 1. The molecule has 0 saturated carbocycles. The molecule has 0 N–H and O–H groups in total. The Kier molecular flexibility index (Phi) is 11.9. The molecule has 1 saturated heterocycles. The third-order valence-corrected chi connectivity index (χ3v) is 9.92. The summed E-state index contributed by atoms with van der Waals surface area (Å²) in [7, 11) is -1.82. The summed E-state index contributed by atoms with van der Waals surface area (Å²) in [5.74, 6) is -1.75. The first-order chi connectivity index (χ1) is 12.3. The van der Waals surface area contributed by atoms with Gasteiger partial charge in [0.1, 0.15) is 0 Å². The Morgan fingerprint density at radius 2 is 1.68 bits per heavy atom. The molecule has 1 fully saturated rings. The second-order valence-electron chi connectivity index (χ2n) is 8.49. The number of piperazine rings is 1. The van der Waals surface area contributed by atoms with E-state index in [0.29, 0.717) is 26.2 Å². The molecule has 10 heteroatoms. The van der Waals surface area contributed by atoms with Crippen LogP contribution in [0.3, 0.4) is 0 Å². The zero-order valence-electron chi connectivity index (χ0n) is 17.9. The maximum atomic E-state index is 12.5. The molecule has 1 heterocycles. The Balaban J connectivity index is 0.00000729. The first kappa shape index (κ1) is 28.4. The number of alkyl halides is 3. The van der Waals surface area contributed by atoms with Gasteiger partial charge >= 0.3 is 12.1 Å². The van der Waals surface area contributed by atoms with Crippen LogP contribution in [0.2, 0.25) is 18.1 Å². The zero-order valence-corrected chi connectivity index (χ0v) is 23.0. The normalized spacial score (nSPS) is 18.0. The first-order valence-corrected chi connectivity index (χ1v) is 12.4. The van der Waals surface area contributed by atoms with Crippen molar-refractivity contribution in [3.8, 4) is 0 Å². The number of carbonyl (C=O) groups is 1. The Morgan fingerprint density at radius 1 is 1.14 bits per heavy atom. The summed E-state index contributed by atoms with van der Waals surface area (Å²) in [5.41, 5.74) is 0. The van der Waals surface area contributed by atoms with Gasteiger partial charge in [0.25, 0.3) is 0 Å². The molecule has 1 atom stereocenters. The van der Waals surface area contributed by atoms with Gasteiger partial charge in [-0.25, -0.2) is 0 Å². The summed E-state index contributed by atoms with van der Waals surface area (Å²) in [6.45, 7) is 16.7. The van der Waals surface area contributed by atoms with Crippen LogP contribution in [0.5, 0.6) is 0 Å². The van der Waals surface area contributed by atoms with Crippen molar-refractivity contribution in [3.05, 3.63) is 6.61 Å². The van der Waals surface area contributed by atoms with E-state index in [-0.39, 0.29) is 55.3 Å². The zero-order chi connectivity index (χ0) is 20.9. The average molecular weight is 650 g/mol. The van der Waals surface area contributed by atoms with E-state index in [4.69, 9.17) is 9.16 Å². The fraction of sp³-hybridized carbons (Fsp3) is 0.889. The summed E-state index contributed by atoms with van der Waals surface area (Å²) in [5, 5.41) is 0.141. The Hall–Kier alpha value is 0.409. The second kappa shape index (κ2) is 11.7. The number of carbonyl (C=O) groups excluding carboxylic acids is 1. The second-order valence-corrected chi connectivity index (χ2v) is 13.3.